The average Bonchev–Trinajstić information content (AvgIpc) is 3.39. The summed E-state index contributed by atoms with van der Waals surface area (Å²) >= 11 is 0. The van der Waals surface area contributed by atoms with E-state index in [9.17, 15) is 18.0 Å². The summed E-state index contributed by atoms with van der Waals surface area (Å²) in [5, 5.41) is 3.31. The topological polar surface area (TPSA) is 57.2 Å². The molecule has 174 valence electrons. The highest BCUT2D eigenvalue weighted by atomic mass is 127. The van der Waals surface area contributed by atoms with Crippen LogP contribution >= 0.6 is 24.0 Å². The number of hydrogen-bond donors (Lipinski definition) is 1. The van der Waals surface area contributed by atoms with Gasteiger partial charge >= 0.3 is 6.18 Å². The lowest BCUT2D eigenvalue weighted by molar-refractivity contribution is -0.137. The zero-order valence-corrected chi connectivity index (χ0v) is 20.2. The number of carbonyl (C=O) groups excluding carboxylic acids is 1. The number of alkyl halides is 3. The van der Waals surface area contributed by atoms with Crippen LogP contribution in [0.4, 0.5) is 13.2 Å². The lowest BCUT2D eigenvalue weighted by Crippen LogP contribution is -2.43. The van der Waals surface area contributed by atoms with E-state index in [1.165, 1.54) is 17.0 Å². The Kier molecular flexibility index (Phi) is 9.41. The predicted octanol–water partition coefficient (Wildman–Crippen LogP) is 3.33. The molecule has 0 bridgehead atoms. The Labute approximate surface area is 198 Å². The highest BCUT2D eigenvalue weighted by molar-refractivity contribution is 14.0. The number of halogens is 4. The molecule has 1 amide bonds. The van der Waals surface area contributed by atoms with Crippen LogP contribution < -0.4 is 5.32 Å². The van der Waals surface area contributed by atoms with Crippen molar-refractivity contribution in [1.82, 2.24) is 15.1 Å². The molecule has 2 aliphatic heterocycles. The molecular weight excluding hydrogens is 524 g/mol. The van der Waals surface area contributed by atoms with E-state index in [-0.39, 0.29) is 48.5 Å². The van der Waals surface area contributed by atoms with Crippen LogP contribution in [0.15, 0.2) is 29.3 Å². The number of carbonyl (C=O) groups is 1. The van der Waals surface area contributed by atoms with Gasteiger partial charge in [-0.05, 0) is 30.9 Å². The number of nitrogens with zero attached hydrogens (tertiary/aromatic N) is 3. The first-order chi connectivity index (χ1) is 14.2. The largest absolute Gasteiger partial charge is 0.416 e. The SMILES string of the molecule is CN(C)C(=O)CN=C(NCC1CCCO1)N1CCC(c2cccc(C(F)(F)F)c2)C1.I. The molecule has 0 spiro atoms. The summed E-state index contributed by atoms with van der Waals surface area (Å²) in [4.78, 5) is 20.0. The van der Waals surface area contributed by atoms with E-state index in [4.69, 9.17) is 4.74 Å². The summed E-state index contributed by atoms with van der Waals surface area (Å²) in [5.41, 5.74) is 0.0515. The van der Waals surface area contributed by atoms with Gasteiger partial charge in [-0.25, -0.2) is 4.99 Å². The molecule has 2 aliphatic rings. The Bertz CT molecular complexity index is 767. The van der Waals surface area contributed by atoms with Crippen molar-refractivity contribution in [2.75, 3.05) is 46.9 Å². The van der Waals surface area contributed by atoms with Gasteiger partial charge in [0.05, 0.1) is 11.7 Å². The molecule has 3 rings (SSSR count). The lowest BCUT2D eigenvalue weighted by atomic mass is 9.96. The minimum atomic E-state index is -4.35. The van der Waals surface area contributed by atoms with Crippen LogP contribution in [0.25, 0.3) is 0 Å². The molecule has 31 heavy (non-hydrogen) atoms. The van der Waals surface area contributed by atoms with E-state index in [2.05, 4.69) is 10.3 Å². The van der Waals surface area contributed by atoms with Crippen LogP contribution in [0.1, 0.15) is 36.3 Å². The zero-order valence-electron chi connectivity index (χ0n) is 17.8. The van der Waals surface area contributed by atoms with Crippen molar-refractivity contribution in [3.8, 4) is 0 Å². The second kappa shape index (κ2) is 11.3. The van der Waals surface area contributed by atoms with E-state index in [1.54, 1.807) is 20.2 Å². The van der Waals surface area contributed by atoms with Gasteiger partial charge in [-0.1, -0.05) is 18.2 Å². The monoisotopic (exact) mass is 554 g/mol. The fraction of sp³-hybridized carbons (Fsp3) is 0.619. The number of benzene rings is 1. The molecule has 2 unspecified atom stereocenters. The van der Waals surface area contributed by atoms with Gasteiger partial charge in [0.1, 0.15) is 6.54 Å². The zero-order chi connectivity index (χ0) is 21.7. The standard InChI is InChI=1S/C21H29F3N4O2.HI/c1-27(2)19(29)13-26-20(25-12-18-7-4-10-30-18)28-9-8-16(14-28)15-5-3-6-17(11-15)21(22,23)24;/h3,5-6,11,16,18H,4,7-10,12-14H2,1-2H3,(H,25,26);1H. The molecule has 6 nitrogen and oxygen atoms in total. The van der Waals surface area contributed by atoms with E-state index >= 15 is 0 Å². The van der Waals surface area contributed by atoms with Gasteiger partial charge in [0.15, 0.2) is 5.96 Å². The van der Waals surface area contributed by atoms with Crippen LogP contribution in [0.5, 0.6) is 0 Å². The van der Waals surface area contributed by atoms with Crippen molar-refractivity contribution < 1.29 is 22.7 Å². The van der Waals surface area contributed by atoms with Crippen molar-refractivity contribution >= 4 is 35.8 Å². The Morgan fingerprint density at radius 2 is 2.10 bits per heavy atom. The molecule has 10 heteroatoms. The molecule has 0 aliphatic carbocycles. The molecule has 2 atom stereocenters. The average molecular weight is 554 g/mol. The van der Waals surface area contributed by atoms with Gasteiger partial charge in [-0.15, -0.1) is 24.0 Å². The molecule has 1 N–H and O–H groups in total. The number of aliphatic imine (C=N–C) groups is 1. The fourth-order valence-electron chi connectivity index (χ4n) is 3.76. The molecular formula is C21H30F3IN4O2. The fourth-order valence-corrected chi connectivity index (χ4v) is 3.76. The maximum Gasteiger partial charge on any atom is 0.416 e. The Morgan fingerprint density at radius 1 is 1.32 bits per heavy atom. The third-order valence-electron chi connectivity index (χ3n) is 5.55. The number of likely N-dealkylation sites (tertiary alicyclic amines) is 1. The maximum absolute atomic E-state index is 13.1. The molecule has 0 radical (unpaired) electrons. The van der Waals surface area contributed by atoms with Crippen LogP contribution in [0.2, 0.25) is 0 Å². The van der Waals surface area contributed by atoms with Crippen LogP contribution in [0.3, 0.4) is 0 Å². The van der Waals surface area contributed by atoms with E-state index in [1.807, 2.05) is 4.90 Å². The van der Waals surface area contributed by atoms with Gasteiger partial charge in [0.25, 0.3) is 0 Å². The number of amides is 1. The summed E-state index contributed by atoms with van der Waals surface area (Å²) in [6, 6.07) is 5.54. The van der Waals surface area contributed by atoms with Gasteiger partial charge in [0, 0.05) is 46.3 Å². The van der Waals surface area contributed by atoms with Crippen molar-refractivity contribution in [1.29, 1.82) is 0 Å². The highest BCUT2D eigenvalue weighted by Gasteiger charge is 2.32. The molecule has 2 heterocycles. The molecule has 0 saturated carbocycles. The molecule has 2 saturated heterocycles. The Morgan fingerprint density at radius 3 is 2.74 bits per heavy atom. The van der Waals surface area contributed by atoms with Crippen molar-refractivity contribution in [2.24, 2.45) is 4.99 Å². The second-order valence-electron chi connectivity index (χ2n) is 8.00. The van der Waals surface area contributed by atoms with Gasteiger partial charge in [-0.2, -0.15) is 13.2 Å². The first-order valence-electron chi connectivity index (χ1n) is 10.3. The van der Waals surface area contributed by atoms with E-state index < -0.39 is 11.7 Å². The number of guanidine groups is 1. The number of rotatable bonds is 5. The number of ether oxygens (including phenoxy) is 1. The van der Waals surface area contributed by atoms with Gasteiger partial charge in [0.2, 0.25) is 5.91 Å². The van der Waals surface area contributed by atoms with Crippen molar-refractivity contribution in [3.05, 3.63) is 35.4 Å². The predicted molar refractivity (Wildman–Crippen MR) is 124 cm³/mol. The van der Waals surface area contributed by atoms with Crippen molar-refractivity contribution in [2.45, 2.75) is 37.5 Å². The minimum Gasteiger partial charge on any atom is -0.376 e. The molecule has 2 fully saturated rings. The first kappa shape index (κ1) is 25.7. The smallest absolute Gasteiger partial charge is 0.376 e. The lowest BCUT2D eigenvalue weighted by Gasteiger charge is -2.24. The van der Waals surface area contributed by atoms with Crippen LogP contribution in [0, 0.1) is 0 Å². The van der Waals surface area contributed by atoms with E-state index in [0.717, 1.165) is 31.9 Å². The number of likely N-dealkylation sites (N-methyl/N-ethyl adjacent to an activating group) is 1. The minimum absolute atomic E-state index is 0. The molecule has 1 aromatic rings. The summed E-state index contributed by atoms with van der Waals surface area (Å²) in [6.45, 7) is 2.58. The van der Waals surface area contributed by atoms with Crippen LogP contribution in [-0.2, 0) is 15.7 Å². The van der Waals surface area contributed by atoms with Gasteiger partial charge in [-0.3, -0.25) is 4.79 Å². The number of nitrogens with one attached hydrogen (secondary N) is 1. The molecule has 0 aromatic heterocycles. The van der Waals surface area contributed by atoms with Crippen LogP contribution in [-0.4, -0.2) is 74.7 Å². The number of hydrogen-bond acceptors (Lipinski definition) is 3. The maximum atomic E-state index is 13.1. The first-order valence-corrected chi connectivity index (χ1v) is 10.3. The Hall–Kier alpha value is -1.56. The molecule has 1 aromatic carbocycles. The van der Waals surface area contributed by atoms with Crippen molar-refractivity contribution in [3.63, 3.8) is 0 Å². The highest BCUT2D eigenvalue weighted by Crippen LogP contribution is 2.33. The summed E-state index contributed by atoms with van der Waals surface area (Å²) in [7, 11) is 3.35. The third kappa shape index (κ3) is 7.23. The normalized spacial score (nSPS) is 21.7. The summed E-state index contributed by atoms with van der Waals surface area (Å²) < 4.78 is 44.8. The quantitative estimate of drug-likeness (QED) is 0.345. The van der Waals surface area contributed by atoms with E-state index in [0.29, 0.717) is 31.2 Å². The second-order valence-corrected chi connectivity index (χ2v) is 8.00. The summed E-state index contributed by atoms with van der Waals surface area (Å²) in [5.74, 6) is 0.474. The third-order valence-corrected chi connectivity index (χ3v) is 5.55. The van der Waals surface area contributed by atoms with Gasteiger partial charge < -0.3 is 19.9 Å². The Balaban J connectivity index is 0.00000341. The summed E-state index contributed by atoms with van der Waals surface area (Å²) in [6.07, 6.45) is -1.51.